The number of nitrogens with one attached hydrogen (secondary N) is 1. The molecule has 0 aliphatic rings. The molecule has 13 heavy (non-hydrogen) atoms. The highest BCUT2D eigenvalue weighted by molar-refractivity contribution is 6.80. The molecule has 0 spiro atoms. The van der Waals surface area contributed by atoms with Crippen LogP contribution in [0.15, 0.2) is 11.8 Å². The van der Waals surface area contributed by atoms with Crippen molar-refractivity contribution in [3.8, 4) is 0 Å². The first-order valence-corrected chi connectivity index (χ1v) is 8.61. The SMILES string of the molecule is CCCNCC(O)C=C[Si](C)(C)C. The number of aliphatic hydroxyl groups excluding tert-OH is 1. The minimum atomic E-state index is -1.14. The molecule has 0 heterocycles. The van der Waals surface area contributed by atoms with Crippen molar-refractivity contribution < 1.29 is 5.11 Å². The van der Waals surface area contributed by atoms with Crippen LogP contribution in [-0.4, -0.2) is 32.4 Å². The molecule has 0 aliphatic heterocycles. The molecule has 0 bridgehead atoms. The van der Waals surface area contributed by atoms with Crippen molar-refractivity contribution >= 4 is 8.07 Å². The molecule has 0 fully saturated rings. The number of hydrogen-bond donors (Lipinski definition) is 2. The summed E-state index contributed by atoms with van der Waals surface area (Å²) in [5.74, 6) is 0. The van der Waals surface area contributed by atoms with Crippen LogP contribution in [0.1, 0.15) is 13.3 Å². The second-order valence-corrected chi connectivity index (χ2v) is 9.56. The van der Waals surface area contributed by atoms with E-state index in [1.54, 1.807) is 0 Å². The normalized spacial score (nSPS) is 15.2. The highest BCUT2D eigenvalue weighted by Gasteiger charge is 2.08. The van der Waals surface area contributed by atoms with Gasteiger partial charge in [-0.25, -0.2) is 0 Å². The van der Waals surface area contributed by atoms with E-state index in [0.29, 0.717) is 6.54 Å². The van der Waals surface area contributed by atoms with Gasteiger partial charge in [0.1, 0.15) is 0 Å². The predicted octanol–water partition coefficient (Wildman–Crippen LogP) is 1.78. The maximum atomic E-state index is 9.51. The maximum absolute atomic E-state index is 9.51. The molecular weight excluding hydrogens is 178 g/mol. The van der Waals surface area contributed by atoms with E-state index >= 15 is 0 Å². The molecule has 0 aromatic carbocycles. The molecule has 0 aromatic heterocycles. The second-order valence-electron chi connectivity index (χ2n) is 4.50. The van der Waals surface area contributed by atoms with Gasteiger partial charge in [0.15, 0.2) is 0 Å². The summed E-state index contributed by atoms with van der Waals surface area (Å²) in [6.45, 7) is 10.6. The standard InChI is InChI=1S/C10H23NOSi/c1-5-7-11-9-10(12)6-8-13(2,3)4/h6,8,10-12H,5,7,9H2,1-4H3. The fraction of sp³-hybridized carbons (Fsp3) is 0.800. The van der Waals surface area contributed by atoms with Gasteiger partial charge in [-0.05, 0) is 13.0 Å². The van der Waals surface area contributed by atoms with Gasteiger partial charge in [0.2, 0.25) is 0 Å². The molecule has 3 heteroatoms. The van der Waals surface area contributed by atoms with Crippen LogP contribution in [0, 0.1) is 0 Å². The van der Waals surface area contributed by atoms with Crippen molar-refractivity contribution in [2.24, 2.45) is 0 Å². The zero-order chi connectivity index (χ0) is 10.3. The first-order chi connectivity index (χ1) is 5.95. The molecule has 78 valence electrons. The molecule has 2 nitrogen and oxygen atoms in total. The van der Waals surface area contributed by atoms with E-state index in [2.05, 4.69) is 37.6 Å². The van der Waals surface area contributed by atoms with Crippen LogP contribution in [0.2, 0.25) is 19.6 Å². The molecule has 0 radical (unpaired) electrons. The van der Waals surface area contributed by atoms with Crippen molar-refractivity contribution in [1.29, 1.82) is 0 Å². The van der Waals surface area contributed by atoms with Crippen LogP contribution in [0.4, 0.5) is 0 Å². The van der Waals surface area contributed by atoms with Gasteiger partial charge in [0.25, 0.3) is 0 Å². The van der Waals surface area contributed by atoms with Crippen LogP contribution < -0.4 is 5.32 Å². The summed E-state index contributed by atoms with van der Waals surface area (Å²) in [7, 11) is -1.14. The molecule has 1 atom stereocenters. The molecule has 2 N–H and O–H groups in total. The van der Waals surface area contributed by atoms with Crippen LogP contribution in [0.3, 0.4) is 0 Å². The average molecular weight is 201 g/mol. The van der Waals surface area contributed by atoms with E-state index < -0.39 is 8.07 Å². The lowest BCUT2D eigenvalue weighted by Crippen LogP contribution is -2.27. The molecule has 0 aromatic rings. The summed E-state index contributed by atoms with van der Waals surface area (Å²) in [5.41, 5.74) is 2.19. The van der Waals surface area contributed by atoms with Crippen molar-refractivity contribution in [3.05, 3.63) is 11.8 Å². The molecular formula is C10H23NOSi. The molecule has 0 aliphatic carbocycles. The summed E-state index contributed by atoms with van der Waals surface area (Å²) < 4.78 is 0. The number of aliphatic hydroxyl groups is 1. The third kappa shape index (κ3) is 9.79. The van der Waals surface area contributed by atoms with Gasteiger partial charge < -0.3 is 10.4 Å². The molecule has 0 saturated heterocycles. The fourth-order valence-electron chi connectivity index (χ4n) is 0.895. The van der Waals surface area contributed by atoms with Crippen molar-refractivity contribution in [1.82, 2.24) is 5.32 Å². The van der Waals surface area contributed by atoms with Gasteiger partial charge in [-0.1, -0.05) is 38.3 Å². The van der Waals surface area contributed by atoms with Crippen LogP contribution >= 0.6 is 0 Å². The summed E-state index contributed by atoms with van der Waals surface area (Å²) in [6, 6.07) is 0. The number of rotatable bonds is 6. The lowest BCUT2D eigenvalue weighted by molar-refractivity contribution is 0.219. The van der Waals surface area contributed by atoms with Gasteiger partial charge in [0, 0.05) is 6.54 Å². The van der Waals surface area contributed by atoms with E-state index in [9.17, 15) is 5.11 Å². The Labute approximate surface area is 83.1 Å². The first kappa shape index (κ1) is 12.9. The van der Waals surface area contributed by atoms with Gasteiger partial charge in [-0.3, -0.25) is 0 Å². The Morgan fingerprint density at radius 2 is 2.00 bits per heavy atom. The summed E-state index contributed by atoms with van der Waals surface area (Å²) in [4.78, 5) is 0. The Bertz CT molecular complexity index is 151. The van der Waals surface area contributed by atoms with Crippen molar-refractivity contribution in [2.75, 3.05) is 13.1 Å². The highest BCUT2D eigenvalue weighted by Crippen LogP contribution is 2.02. The minimum Gasteiger partial charge on any atom is -0.388 e. The summed E-state index contributed by atoms with van der Waals surface area (Å²) >= 11 is 0. The smallest absolute Gasteiger partial charge is 0.0841 e. The lowest BCUT2D eigenvalue weighted by atomic mass is 10.3. The topological polar surface area (TPSA) is 32.3 Å². The Hall–Kier alpha value is -0.123. The van der Waals surface area contributed by atoms with Gasteiger partial charge in [0.05, 0.1) is 14.2 Å². The third-order valence-electron chi connectivity index (χ3n) is 1.60. The third-order valence-corrected chi connectivity index (χ3v) is 2.79. The molecule has 0 amide bonds. The van der Waals surface area contributed by atoms with E-state index in [-0.39, 0.29) is 6.10 Å². The summed E-state index contributed by atoms with van der Waals surface area (Å²) in [6.07, 6.45) is 2.72. The van der Waals surface area contributed by atoms with Gasteiger partial charge >= 0.3 is 0 Å². The largest absolute Gasteiger partial charge is 0.388 e. The van der Waals surface area contributed by atoms with E-state index in [1.807, 2.05) is 6.08 Å². The number of hydrogen-bond acceptors (Lipinski definition) is 2. The second kappa shape index (κ2) is 6.35. The van der Waals surface area contributed by atoms with E-state index in [4.69, 9.17) is 0 Å². The molecule has 0 saturated carbocycles. The summed E-state index contributed by atoms with van der Waals surface area (Å²) in [5, 5.41) is 12.7. The predicted molar refractivity (Wildman–Crippen MR) is 61.7 cm³/mol. The van der Waals surface area contributed by atoms with Crippen LogP contribution in [0.5, 0.6) is 0 Å². The van der Waals surface area contributed by atoms with E-state index in [0.717, 1.165) is 13.0 Å². The zero-order valence-corrected chi connectivity index (χ0v) is 10.3. The Kier molecular flexibility index (Phi) is 6.29. The fourth-order valence-corrected chi connectivity index (χ4v) is 1.69. The molecule has 0 rings (SSSR count). The first-order valence-electron chi connectivity index (χ1n) is 5.04. The van der Waals surface area contributed by atoms with E-state index in [1.165, 1.54) is 0 Å². The van der Waals surface area contributed by atoms with Crippen LogP contribution in [-0.2, 0) is 0 Å². The Balaban J connectivity index is 3.61. The maximum Gasteiger partial charge on any atom is 0.0841 e. The average Bonchev–Trinajstić information content (AvgIpc) is 2.00. The lowest BCUT2D eigenvalue weighted by Gasteiger charge is -2.11. The van der Waals surface area contributed by atoms with Crippen molar-refractivity contribution in [2.45, 2.75) is 39.1 Å². The quantitative estimate of drug-likeness (QED) is 0.507. The Morgan fingerprint density at radius 1 is 1.38 bits per heavy atom. The van der Waals surface area contributed by atoms with Gasteiger partial charge in [-0.2, -0.15) is 0 Å². The Morgan fingerprint density at radius 3 is 2.46 bits per heavy atom. The van der Waals surface area contributed by atoms with Gasteiger partial charge in [-0.15, -0.1) is 0 Å². The van der Waals surface area contributed by atoms with Crippen molar-refractivity contribution in [3.63, 3.8) is 0 Å². The minimum absolute atomic E-state index is 0.321. The highest BCUT2D eigenvalue weighted by atomic mass is 28.3. The van der Waals surface area contributed by atoms with Crippen LogP contribution in [0.25, 0.3) is 0 Å². The molecule has 1 unspecified atom stereocenters. The monoisotopic (exact) mass is 201 g/mol. The zero-order valence-electron chi connectivity index (χ0n) is 9.30.